The quantitative estimate of drug-likeness (QED) is 0.666. The van der Waals surface area contributed by atoms with Gasteiger partial charge in [0.2, 0.25) is 0 Å². The fourth-order valence-electron chi connectivity index (χ4n) is 2.33. The summed E-state index contributed by atoms with van der Waals surface area (Å²) in [6, 6.07) is 13.2. The molecule has 0 unspecified atom stereocenters. The summed E-state index contributed by atoms with van der Waals surface area (Å²) in [6.07, 6.45) is 2.64. The van der Waals surface area contributed by atoms with Crippen molar-refractivity contribution < 1.29 is 9.53 Å². The van der Waals surface area contributed by atoms with Crippen LogP contribution in [0.1, 0.15) is 28.6 Å². The fraction of sp³-hybridized carbons (Fsp3) is 0.211. The van der Waals surface area contributed by atoms with E-state index in [-0.39, 0.29) is 5.91 Å². The van der Waals surface area contributed by atoms with Gasteiger partial charge in [0.25, 0.3) is 5.91 Å². The van der Waals surface area contributed by atoms with Crippen LogP contribution in [-0.2, 0) is 6.54 Å². The Morgan fingerprint density at radius 2 is 2.04 bits per heavy atom. The van der Waals surface area contributed by atoms with Crippen molar-refractivity contribution >= 4 is 23.1 Å². The van der Waals surface area contributed by atoms with Gasteiger partial charge in [-0.15, -0.1) is 0 Å². The van der Waals surface area contributed by atoms with Gasteiger partial charge in [-0.2, -0.15) is 4.37 Å². The van der Waals surface area contributed by atoms with E-state index in [1.165, 1.54) is 0 Å². The molecular formula is C19H20N4O2S. The van der Waals surface area contributed by atoms with Gasteiger partial charge in [0.1, 0.15) is 16.3 Å². The summed E-state index contributed by atoms with van der Waals surface area (Å²) in [7, 11) is 0. The maximum absolute atomic E-state index is 12.4. The average molecular weight is 368 g/mol. The van der Waals surface area contributed by atoms with Crippen molar-refractivity contribution in [2.24, 2.45) is 0 Å². The Labute approximate surface area is 156 Å². The van der Waals surface area contributed by atoms with Gasteiger partial charge in [0, 0.05) is 12.7 Å². The number of aromatic nitrogens is 2. The lowest BCUT2D eigenvalue weighted by molar-refractivity contribution is 0.0956. The highest BCUT2D eigenvalue weighted by Gasteiger charge is 2.18. The monoisotopic (exact) mass is 368 g/mol. The Hall–Kier alpha value is -2.93. The van der Waals surface area contributed by atoms with E-state index >= 15 is 0 Å². The first-order chi connectivity index (χ1) is 12.7. The molecular weight excluding hydrogens is 348 g/mol. The molecule has 0 spiro atoms. The molecule has 0 fully saturated rings. The summed E-state index contributed by atoms with van der Waals surface area (Å²) >= 11 is 1.08. The molecule has 1 amide bonds. The summed E-state index contributed by atoms with van der Waals surface area (Å²) in [5.41, 5.74) is 8.64. The SMILES string of the molecule is CCCOc1ccc(CNC(=O)c2snc(-c3ccccn3)c2N)cc1. The number of amides is 1. The molecule has 1 aromatic carbocycles. The lowest BCUT2D eigenvalue weighted by Crippen LogP contribution is -2.22. The molecule has 0 radical (unpaired) electrons. The van der Waals surface area contributed by atoms with Gasteiger partial charge < -0.3 is 15.8 Å². The highest BCUT2D eigenvalue weighted by Crippen LogP contribution is 2.29. The second kappa shape index (κ2) is 8.44. The summed E-state index contributed by atoms with van der Waals surface area (Å²) in [5, 5.41) is 2.87. The number of nitrogens with zero attached hydrogens (tertiary/aromatic N) is 2. The van der Waals surface area contributed by atoms with Crippen LogP contribution in [0.25, 0.3) is 11.4 Å². The predicted octanol–water partition coefficient (Wildman–Crippen LogP) is 3.51. The van der Waals surface area contributed by atoms with Gasteiger partial charge in [-0.3, -0.25) is 9.78 Å². The summed E-state index contributed by atoms with van der Waals surface area (Å²) in [6.45, 7) is 3.16. The number of hydrogen-bond acceptors (Lipinski definition) is 6. The van der Waals surface area contributed by atoms with Crippen molar-refractivity contribution in [3.63, 3.8) is 0 Å². The normalized spacial score (nSPS) is 10.5. The number of carbonyl (C=O) groups is 1. The molecule has 3 aromatic rings. The largest absolute Gasteiger partial charge is 0.494 e. The molecule has 2 heterocycles. The molecule has 0 atom stereocenters. The number of anilines is 1. The lowest BCUT2D eigenvalue weighted by Gasteiger charge is -2.07. The first kappa shape index (κ1) is 17.9. The first-order valence-corrected chi connectivity index (χ1v) is 9.13. The predicted molar refractivity (Wildman–Crippen MR) is 103 cm³/mol. The minimum atomic E-state index is -0.242. The van der Waals surface area contributed by atoms with Crippen molar-refractivity contribution in [3.8, 4) is 17.1 Å². The molecule has 3 rings (SSSR count). The second-order valence-corrected chi connectivity index (χ2v) is 6.44. The number of hydrogen-bond donors (Lipinski definition) is 2. The summed E-state index contributed by atoms with van der Waals surface area (Å²) in [4.78, 5) is 17.0. The average Bonchev–Trinajstić information content (AvgIpc) is 3.07. The van der Waals surface area contributed by atoms with Crippen LogP contribution in [0.2, 0.25) is 0 Å². The van der Waals surface area contributed by atoms with E-state index in [9.17, 15) is 4.79 Å². The topological polar surface area (TPSA) is 90.1 Å². The van der Waals surface area contributed by atoms with Crippen LogP contribution in [0, 0.1) is 0 Å². The molecule has 6 nitrogen and oxygen atoms in total. The molecule has 0 saturated heterocycles. The summed E-state index contributed by atoms with van der Waals surface area (Å²) < 4.78 is 9.83. The van der Waals surface area contributed by atoms with Crippen LogP contribution in [0.3, 0.4) is 0 Å². The van der Waals surface area contributed by atoms with E-state index in [0.29, 0.717) is 35.1 Å². The number of benzene rings is 1. The van der Waals surface area contributed by atoms with Crippen molar-refractivity contribution in [1.29, 1.82) is 0 Å². The van der Waals surface area contributed by atoms with Crippen LogP contribution in [0.15, 0.2) is 48.7 Å². The van der Waals surface area contributed by atoms with Crippen molar-refractivity contribution in [2.75, 3.05) is 12.3 Å². The van der Waals surface area contributed by atoms with Crippen LogP contribution in [-0.4, -0.2) is 21.9 Å². The van der Waals surface area contributed by atoms with Crippen LogP contribution >= 0.6 is 11.5 Å². The van der Waals surface area contributed by atoms with Crippen molar-refractivity contribution in [2.45, 2.75) is 19.9 Å². The smallest absolute Gasteiger partial charge is 0.265 e. The Bertz CT molecular complexity index is 863. The Morgan fingerprint density at radius 1 is 1.23 bits per heavy atom. The molecule has 0 aliphatic carbocycles. The molecule has 0 aliphatic rings. The molecule has 3 N–H and O–H groups in total. The molecule has 26 heavy (non-hydrogen) atoms. The molecule has 0 aliphatic heterocycles. The van der Waals surface area contributed by atoms with Gasteiger partial charge in [-0.05, 0) is 47.8 Å². The van der Waals surface area contributed by atoms with E-state index < -0.39 is 0 Å². The van der Waals surface area contributed by atoms with Crippen molar-refractivity contribution in [1.82, 2.24) is 14.7 Å². The van der Waals surface area contributed by atoms with E-state index in [2.05, 4.69) is 21.6 Å². The van der Waals surface area contributed by atoms with Gasteiger partial charge in [0.15, 0.2) is 0 Å². The zero-order valence-corrected chi connectivity index (χ0v) is 15.3. The number of pyridine rings is 1. The van der Waals surface area contributed by atoms with E-state index in [4.69, 9.17) is 10.5 Å². The standard InChI is InChI=1S/C19H20N4O2S/c1-2-11-25-14-8-6-13(7-9-14)12-22-19(24)18-16(20)17(23-26-18)15-5-3-4-10-21-15/h3-10H,2,11-12,20H2,1H3,(H,22,24). The van der Waals surface area contributed by atoms with E-state index in [1.54, 1.807) is 6.20 Å². The van der Waals surface area contributed by atoms with E-state index in [1.807, 2.05) is 42.5 Å². The minimum absolute atomic E-state index is 0.242. The van der Waals surface area contributed by atoms with Crippen LogP contribution < -0.4 is 15.8 Å². The molecule has 2 aromatic heterocycles. The number of ether oxygens (including phenoxy) is 1. The van der Waals surface area contributed by atoms with E-state index in [0.717, 1.165) is 29.3 Å². The third kappa shape index (κ3) is 4.18. The van der Waals surface area contributed by atoms with Crippen LogP contribution in [0.5, 0.6) is 5.75 Å². The number of nitrogens with one attached hydrogen (secondary N) is 1. The van der Waals surface area contributed by atoms with Crippen molar-refractivity contribution in [3.05, 3.63) is 59.1 Å². The minimum Gasteiger partial charge on any atom is -0.494 e. The molecule has 0 bridgehead atoms. The zero-order chi connectivity index (χ0) is 18.4. The maximum Gasteiger partial charge on any atom is 0.265 e. The highest BCUT2D eigenvalue weighted by molar-refractivity contribution is 7.09. The number of nitrogens with two attached hydrogens (primary N) is 1. The maximum atomic E-state index is 12.4. The number of carbonyl (C=O) groups excluding carboxylic acids is 1. The third-order valence-electron chi connectivity index (χ3n) is 3.69. The van der Waals surface area contributed by atoms with Crippen LogP contribution in [0.4, 0.5) is 5.69 Å². The Morgan fingerprint density at radius 3 is 2.73 bits per heavy atom. The number of rotatable bonds is 7. The second-order valence-electron chi connectivity index (χ2n) is 5.66. The zero-order valence-electron chi connectivity index (χ0n) is 14.4. The first-order valence-electron chi connectivity index (χ1n) is 8.35. The third-order valence-corrected chi connectivity index (χ3v) is 4.55. The Kier molecular flexibility index (Phi) is 5.80. The Balaban J connectivity index is 1.63. The molecule has 7 heteroatoms. The van der Waals surface area contributed by atoms with Gasteiger partial charge in [-0.1, -0.05) is 25.1 Å². The van der Waals surface area contributed by atoms with Gasteiger partial charge in [-0.25, -0.2) is 0 Å². The molecule has 134 valence electrons. The molecule has 0 saturated carbocycles. The van der Waals surface area contributed by atoms with Gasteiger partial charge in [0.05, 0.1) is 18.0 Å². The van der Waals surface area contributed by atoms with Gasteiger partial charge >= 0.3 is 0 Å². The lowest BCUT2D eigenvalue weighted by atomic mass is 10.2. The fourth-order valence-corrected chi connectivity index (χ4v) is 3.06. The summed E-state index contributed by atoms with van der Waals surface area (Å²) in [5.74, 6) is 0.585. The number of nitrogen functional groups attached to an aromatic ring is 1. The highest BCUT2D eigenvalue weighted by atomic mass is 32.1.